The van der Waals surface area contributed by atoms with E-state index in [4.69, 9.17) is 16.7 Å². The maximum Gasteiger partial charge on any atom is 0.321 e. The number of nitrogens with one attached hydrogen (secondary N) is 3. The predicted octanol–water partition coefficient (Wildman–Crippen LogP) is 6.66. The van der Waals surface area contributed by atoms with Crippen molar-refractivity contribution in [3.63, 3.8) is 0 Å². The molecule has 346 valence electrons. The highest BCUT2D eigenvalue weighted by molar-refractivity contribution is 6.34. The number of carbonyl (C=O) groups excluding carboxylic acids is 4. The molecule has 9 rings (SSSR count). The van der Waals surface area contributed by atoms with Crippen molar-refractivity contribution in [2.45, 2.75) is 63.2 Å². The third-order valence-electron chi connectivity index (χ3n) is 13.4. The molecule has 1 unspecified atom stereocenters. The summed E-state index contributed by atoms with van der Waals surface area (Å²) in [6, 6.07) is 11.7. The molecule has 0 bridgehead atoms. The lowest BCUT2D eigenvalue weighted by atomic mass is 9.68. The van der Waals surface area contributed by atoms with Crippen LogP contribution in [0.1, 0.15) is 64.1 Å². The van der Waals surface area contributed by atoms with Gasteiger partial charge in [-0.25, -0.2) is 31.9 Å². The van der Waals surface area contributed by atoms with Crippen LogP contribution in [0.5, 0.6) is 0 Å². The van der Waals surface area contributed by atoms with Crippen LogP contribution in [0.3, 0.4) is 0 Å². The molecule has 5 aromatic rings. The minimum atomic E-state index is -3.03. The Bertz CT molecular complexity index is 2710. The molecule has 0 radical (unpaired) electrons. The van der Waals surface area contributed by atoms with Crippen molar-refractivity contribution in [2.24, 2.45) is 5.41 Å². The van der Waals surface area contributed by atoms with E-state index in [9.17, 15) is 23.6 Å². The van der Waals surface area contributed by atoms with Crippen LogP contribution >= 0.6 is 11.6 Å². The second-order valence-electron chi connectivity index (χ2n) is 17.3. The fourth-order valence-corrected chi connectivity index (χ4v) is 9.73. The van der Waals surface area contributed by atoms with Gasteiger partial charge < -0.3 is 30.5 Å². The number of piperidine rings is 2. The summed E-state index contributed by atoms with van der Waals surface area (Å²) in [4.78, 5) is 65.8. The van der Waals surface area contributed by atoms with Crippen LogP contribution in [-0.4, -0.2) is 125 Å². The number of halogens is 5. The summed E-state index contributed by atoms with van der Waals surface area (Å²) in [7, 11) is 3.16. The molecular weight excluding hydrogens is 882 g/mol. The number of likely N-dealkylation sites (tertiary alicyclic amines) is 2. The first kappa shape index (κ1) is 44.8. The second kappa shape index (κ2) is 17.8. The van der Waals surface area contributed by atoms with Crippen molar-refractivity contribution in [3.05, 3.63) is 94.1 Å². The summed E-state index contributed by atoms with van der Waals surface area (Å²) in [6.07, 6.45) is 3.99. The number of aldehydes is 1. The van der Waals surface area contributed by atoms with Gasteiger partial charge in [-0.2, -0.15) is 0 Å². The van der Waals surface area contributed by atoms with E-state index < -0.39 is 47.9 Å². The minimum Gasteiger partial charge on any atom is -0.385 e. The average molecular weight is 930 g/mol. The fourth-order valence-electron chi connectivity index (χ4n) is 9.51. The normalized spacial score (nSPS) is 19.7. The molecule has 15 nitrogen and oxygen atoms in total. The molecule has 3 fully saturated rings. The number of pyridine rings is 1. The molecule has 3 N–H and O–H groups in total. The van der Waals surface area contributed by atoms with Crippen molar-refractivity contribution in [3.8, 4) is 11.3 Å². The smallest absolute Gasteiger partial charge is 0.321 e. The van der Waals surface area contributed by atoms with Gasteiger partial charge in [0.25, 0.3) is 17.7 Å². The van der Waals surface area contributed by atoms with Crippen LogP contribution in [0.4, 0.5) is 45.2 Å². The van der Waals surface area contributed by atoms with Gasteiger partial charge in [0, 0.05) is 94.2 Å². The van der Waals surface area contributed by atoms with E-state index in [1.165, 1.54) is 53.0 Å². The molecule has 1 spiro atoms. The van der Waals surface area contributed by atoms with E-state index in [1.54, 1.807) is 35.2 Å². The van der Waals surface area contributed by atoms with Gasteiger partial charge in [0.05, 0.1) is 40.9 Å². The van der Waals surface area contributed by atoms with Gasteiger partial charge in [0.1, 0.15) is 18.3 Å². The maximum absolute atomic E-state index is 16.2. The number of urea groups is 1. The van der Waals surface area contributed by atoms with E-state index in [2.05, 4.69) is 25.9 Å². The molecule has 20 heteroatoms. The summed E-state index contributed by atoms with van der Waals surface area (Å²) < 4.78 is 62.9. The lowest BCUT2D eigenvalue weighted by Gasteiger charge is -2.51. The van der Waals surface area contributed by atoms with Gasteiger partial charge in [-0.15, -0.1) is 5.10 Å². The Morgan fingerprint density at radius 1 is 0.985 bits per heavy atom. The van der Waals surface area contributed by atoms with E-state index in [-0.39, 0.29) is 86.2 Å². The number of aromatic nitrogens is 4. The maximum atomic E-state index is 16.2. The number of alkyl halides is 3. The first-order chi connectivity index (χ1) is 31.7. The zero-order chi connectivity index (χ0) is 46.5. The second-order valence-corrected chi connectivity index (χ2v) is 17.8. The Morgan fingerprint density at radius 2 is 1.76 bits per heavy atom. The van der Waals surface area contributed by atoms with Gasteiger partial charge in [-0.1, -0.05) is 17.7 Å². The van der Waals surface area contributed by atoms with Crippen molar-refractivity contribution < 1.29 is 36.7 Å². The molecule has 4 aliphatic rings. The molecule has 3 aromatic heterocycles. The SMILES string of the molecule is CNC(=O)N(CCC=O)c1cc(C(=O)N2CCC3(CCN(Cc4ccc(-c5cc(F)cc6c5CCN6c5cc(NC)c6ncc(C(=O)NC7C[C@@H]7F)n6n5)nc4)CC3(F)F)CC2)ccc1Cl. The summed E-state index contributed by atoms with van der Waals surface area (Å²) in [5, 5.41) is 13.2. The van der Waals surface area contributed by atoms with Crippen molar-refractivity contribution >= 4 is 64.3 Å². The fraction of sp³-hybridized carbons (Fsp3) is 0.413. The summed E-state index contributed by atoms with van der Waals surface area (Å²) in [5.41, 5.74) is 3.66. The number of benzene rings is 2. The van der Waals surface area contributed by atoms with E-state index in [0.717, 1.165) is 11.1 Å². The number of anilines is 4. The lowest BCUT2D eigenvalue weighted by molar-refractivity contribution is -0.186. The largest absolute Gasteiger partial charge is 0.385 e. The van der Waals surface area contributed by atoms with Crippen molar-refractivity contribution in [1.29, 1.82) is 0 Å². The summed E-state index contributed by atoms with van der Waals surface area (Å²) in [5.74, 6) is -3.93. The van der Waals surface area contributed by atoms with Crippen molar-refractivity contribution in [2.75, 3.05) is 68.5 Å². The molecule has 2 aromatic carbocycles. The molecular formula is C46H48ClF4N11O4. The Hall–Kier alpha value is -6.34. The van der Waals surface area contributed by atoms with Crippen LogP contribution in [0, 0.1) is 11.2 Å². The summed E-state index contributed by atoms with van der Waals surface area (Å²) >= 11 is 6.41. The Morgan fingerprint density at radius 3 is 2.44 bits per heavy atom. The molecule has 3 aliphatic heterocycles. The van der Waals surface area contributed by atoms with Crippen molar-refractivity contribution in [1.82, 2.24) is 40.0 Å². The Balaban J connectivity index is 0.852. The van der Waals surface area contributed by atoms with Gasteiger partial charge >= 0.3 is 6.03 Å². The molecule has 1 aliphatic carbocycles. The summed E-state index contributed by atoms with van der Waals surface area (Å²) in [6.45, 7) is 1.000. The van der Waals surface area contributed by atoms with E-state index >= 15 is 13.2 Å². The number of rotatable bonds is 12. The highest BCUT2D eigenvalue weighted by Crippen LogP contribution is 2.51. The highest BCUT2D eigenvalue weighted by Gasteiger charge is 2.57. The number of amides is 4. The molecule has 2 atom stereocenters. The van der Waals surface area contributed by atoms with Crippen LogP contribution in [0.2, 0.25) is 5.02 Å². The number of fused-ring (bicyclic) bond motifs is 2. The van der Waals surface area contributed by atoms with Crippen LogP contribution in [0.25, 0.3) is 16.9 Å². The van der Waals surface area contributed by atoms with E-state index in [0.29, 0.717) is 59.9 Å². The number of hydrogen-bond acceptors (Lipinski definition) is 10. The number of imidazole rings is 1. The third kappa shape index (κ3) is 8.38. The average Bonchev–Trinajstić information content (AvgIpc) is 3.62. The van der Waals surface area contributed by atoms with E-state index in [1.807, 2.05) is 11.0 Å². The number of carbonyl (C=O) groups is 4. The monoisotopic (exact) mass is 929 g/mol. The van der Waals surface area contributed by atoms with Crippen LogP contribution in [0.15, 0.2) is 60.9 Å². The van der Waals surface area contributed by atoms with Gasteiger partial charge in [0.2, 0.25) is 0 Å². The third-order valence-corrected chi connectivity index (χ3v) is 13.7. The van der Waals surface area contributed by atoms with Gasteiger partial charge in [-0.05, 0) is 79.8 Å². The van der Waals surface area contributed by atoms with Crippen LogP contribution in [-0.2, 0) is 17.8 Å². The first-order valence-corrected chi connectivity index (χ1v) is 22.3. The lowest BCUT2D eigenvalue weighted by Crippen LogP contribution is -2.59. The zero-order valence-corrected chi connectivity index (χ0v) is 37.1. The quantitative estimate of drug-likeness (QED) is 0.0913. The standard InChI is InChI=1S/C46H48ClF4N11O4/c1-52-36-22-40(57-62-39(24-55-41(36)62)42(64)56-35-21-33(35)49)60-13-8-30-31(19-29(48)20-37(30)60)34-7-4-27(23-54-34)25-58-14-9-45(46(50,51)26-58)10-15-59(16-11-45)43(65)28-5-6-32(47)38(18-28)61(12-3-17-63)44(66)53-2/h4-7,17-20,22-24,33,35,52H,3,8-16,21,25-26H2,1-2H3,(H,53,66)(H,56,64)/t33-,35?/m0/s1. The first-order valence-electron chi connectivity index (χ1n) is 21.9. The predicted molar refractivity (Wildman–Crippen MR) is 240 cm³/mol. The Kier molecular flexibility index (Phi) is 12.1. The molecule has 66 heavy (non-hydrogen) atoms. The molecule has 2 saturated heterocycles. The topological polar surface area (TPSA) is 160 Å². The molecule has 4 amide bonds. The Labute approximate surface area is 382 Å². The zero-order valence-electron chi connectivity index (χ0n) is 36.3. The number of nitrogens with zero attached hydrogens (tertiary/aromatic N) is 8. The van der Waals surface area contributed by atoms with Gasteiger partial charge in [-0.3, -0.25) is 24.4 Å². The molecule has 1 saturated carbocycles. The minimum absolute atomic E-state index is 0.0544. The molecule has 6 heterocycles. The van der Waals surface area contributed by atoms with Crippen LogP contribution < -0.4 is 25.8 Å². The number of hydrogen-bond donors (Lipinski definition) is 3. The highest BCUT2D eigenvalue weighted by atomic mass is 35.5. The van der Waals surface area contributed by atoms with Gasteiger partial charge in [0.15, 0.2) is 17.2 Å².